The molecule has 7 nitrogen and oxygen atoms in total. The highest BCUT2D eigenvalue weighted by atomic mass is 35.5. The van der Waals surface area contributed by atoms with Gasteiger partial charge in [0.25, 0.3) is 5.91 Å². The Morgan fingerprint density at radius 3 is 2.45 bits per heavy atom. The second-order valence-corrected chi connectivity index (χ2v) is 7.66. The molecular formula is C21H32ClN3O4. The third-order valence-electron chi connectivity index (χ3n) is 5.75. The van der Waals surface area contributed by atoms with Crippen LogP contribution in [-0.2, 0) is 4.79 Å². The number of likely N-dealkylation sites (tertiary alicyclic amines) is 1. The number of halogens is 1. The molecule has 2 aliphatic heterocycles. The summed E-state index contributed by atoms with van der Waals surface area (Å²) in [6.07, 6.45) is 3.91. The molecule has 0 aromatic heterocycles. The van der Waals surface area contributed by atoms with Gasteiger partial charge in [-0.15, -0.1) is 12.4 Å². The number of rotatable bonds is 6. The number of carbonyl (C=O) groups is 2. The van der Waals surface area contributed by atoms with Gasteiger partial charge in [-0.05, 0) is 57.2 Å². The van der Waals surface area contributed by atoms with Crippen LogP contribution in [0.5, 0.6) is 11.5 Å². The molecule has 3 rings (SSSR count). The SMILES string of the molecule is COc1cc(C(=O)N2CCCC(CNC(=O)C3CCCN3)C2)cc(OC)c1C.Cl. The number of amides is 2. The summed E-state index contributed by atoms with van der Waals surface area (Å²) in [4.78, 5) is 27.1. The highest BCUT2D eigenvalue weighted by Gasteiger charge is 2.27. The molecule has 2 saturated heterocycles. The topological polar surface area (TPSA) is 79.9 Å². The highest BCUT2D eigenvalue weighted by molar-refractivity contribution is 5.95. The van der Waals surface area contributed by atoms with Crippen molar-refractivity contribution >= 4 is 24.2 Å². The molecule has 8 heteroatoms. The minimum absolute atomic E-state index is 0. The van der Waals surface area contributed by atoms with Gasteiger partial charge in [-0.1, -0.05) is 0 Å². The zero-order valence-corrected chi connectivity index (χ0v) is 18.3. The molecule has 29 heavy (non-hydrogen) atoms. The van der Waals surface area contributed by atoms with E-state index in [4.69, 9.17) is 9.47 Å². The predicted octanol–water partition coefficient (Wildman–Crippen LogP) is 2.15. The summed E-state index contributed by atoms with van der Waals surface area (Å²) in [7, 11) is 3.18. The van der Waals surface area contributed by atoms with Gasteiger partial charge in [0.05, 0.1) is 20.3 Å². The van der Waals surface area contributed by atoms with E-state index >= 15 is 0 Å². The Bertz CT molecular complexity index is 697. The van der Waals surface area contributed by atoms with Crippen LogP contribution >= 0.6 is 12.4 Å². The lowest BCUT2D eigenvalue weighted by molar-refractivity contribution is -0.123. The molecular weight excluding hydrogens is 394 g/mol. The van der Waals surface area contributed by atoms with Gasteiger partial charge in [-0.3, -0.25) is 9.59 Å². The minimum atomic E-state index is -0.0613. The number of hydrogen-bond acceptors (Lipinski definition) is 5. The van der Waals surface area contributed by atoms with E-state index in [1.807, 2.05) is 11.8 Å². The molecule has 2 amide bonds. The highest BCUT2D eigenvalue weighted by Crippen LogP contribution is 2.30. The maximum atomic E-state index is 13.1. The predicted molar refractivity (Wildman–Crippen MR) is 114 cm³/mol. The normalized spacial score (nSPS) is 21.3. The van der Waals surface area contributed by atoms with Crippen LogP contribution in [0.15, 0.2) is 12.1 Å². The molecule has 1 aromatic rings. The molecule has 2 aliphatic rings. The number of nitrogens with zero attached hydrogens (tertiary/aromatic N) is 1. The smallest absolute Gasteiger partial charge is 0.254 e. The Morgan fingerprint density at radius 1 is 1.17 bits per heavy atom. The lowest BCUT2D eigenvalue weighted by Crippen LogP contribution is -2.46. The van der Waals surface area contributed by atoms with Gasteiger partial charge in [0.2, 0.25) is 5.91 Å². The first-order valence-corrected chi connectivity index (χ1v) is 10.1. The molecule has 2 atom stereocenters. The van der Waals surface area contributed by atoms with E-state index in [1.54, 1.807) is 26.4 Å². The van der Waals surface area contributed by atoms with Gasteiger partial charge in [-0.25, -0.2) is 0 Å². The lowest BCUT2D eigenvalue weighted by atomic mass is 9.97. The second kappa shape index (κ2) is 10.7. The molecule has 0 aliphatic carbocycles. The van der Waals surface area contributed by atoms with Crippen LogP contribution in [0.4, 0.5) is 0 Å². The van der Waals surface area contributed by atoms with Crippen LogP contribution in [-0.4, -0.2) is 63.2 Å². The molecule has 2 fully saturated rings. The van der Waals surface area contributed by atoms with E-state index < -0.39 is 0 Å². The Hall–Kier alpha value is -1.99. The van der Waals surface area contributed by atoms with Gasteiger partial charge in [0.15, 0.2) is 0 Å². The molecule has 162 valence electrons. The van der Waals surface area contributed by atoms with Crippen molar-refractivity contribution in [3.63, 3.8) is 0 Å². The van der Waals surface area contributed by atoms with E-state index in [0.29, 0.717) is 30.2 Å². The van der Waals surface area contributed by atoms with Crippen LogP contribution < -0.4 is 20.1 Å². The maximum Gasteiger partial charge on any atom is 0.254 e. The summed E-state index contributed by atoms with van der Waals surface area (Å²) in [6.45, 7) is 4.81. The van der Waals surface area contributed by atoms with Crippen molar-refractivity contribution in [2.24, 2.45) is 5.92 Å². The summed E-state index contributed by atoms with van der Waals surface area (Å²) >= 11 is 0. The van der Waals surface area contributed by atoms with Gasteiger partial charge < -0.3 is 25.0 Å². The third kappa shape index (κ3) is 5.54. The van der Waals surface area contributed by atoms with E-state index in [1.165, 1.54) is 0 Å². The number of piperidine rings is 1. The van der Waals surface area contributed by atoms with E-state index in [-0.39, 0.29) is 36.2 Å². The fourth-order valence-corrected chi connectivity index (χ4v) is 4.08. The monoisotopic (exact) mass is 425 g/mol. The maximum absolute atomic E-state index is 13.1. The summed E-state index contributed by atoms with van der Waals surface area (Å²) in [5, 5.41) is 6.28. The van der Waals surface area contributed by atoms with Gasteiger partial charge in [-0.2, -0.15) is 0 Å². The summed E-state index contributed by atoms with van der Waals surface area (Å²) < 4.78 is 10.8. The Balaban J connectivity index is 0.00000300. The zero-order chi connectivity index (χ0) is 20.1. The number of carbonyl (C=O) groups excluding carboxylic acids is 2. The molecule has 2 unspecified atom stereocenters. The van der Waals surface area contributed by atoms with Crippen molar-refractivity contribution in [1.29, 1.82) is 0 Å². The van der Waals surface area contributed by atoms with Gasteiger partial charge in [0, 0.05) is 30.8 Å². The molecule has 2 N–H and O–H groups in total. The van der Waals surface area contributed by atoms with Crippen LogP contribution in [0, 0.1) is 12.8 Å². The number of hydrogen-bond donors (Lipinski definition) is 2. The Morgan fingerprint density at radius 2 is 1.86 bits per heavy atom. The summed E-state index contributed by atoms with van der Waals surface area (Å²) in [5.74, 6) is 1.62. The molecule has 0 saturated carbocycles. The number of methoxy groups -OCH3 is 2. The van der Waals surface area contributed by atoms with Crippen molar-refractivity contribution in [3.05, 3.63) is 23.3 Å². The summed E-state index contributed by atoms with van der Waals surface area (Å²) in [6, 6.07) is 3.49. The largest absolute Gasteiger partial charge is 0.496 e. The third-order valence-corrected chi connectivity index (χ3v) is 5.75. The first-order valence-electron chi connectivity index (χ1n) is 10.1. The van der Waals surface area contributed by atoms with E-state index in [0.717, 1.165) is 44.3 Å². The van der Waals surface area contributed by atoms with E-state index in [9.17, 15) is 9.59 Å². The number of ether oxygens (including phenoxy) is 2. The molecule has 1 aromatic carbocycles. The lowest BCUT2D eigenvalue weighted by Gasteiger charge is -2.33. The van der Waals surface area contributed by atoms with Crippen molar-refractivity contribution in [3.8, 4) is 11.5 Å². The molecule has 0 radical (unpaired) electrons. The average molecular weight is 426 g/mol. The minimum Gasteiger partial charge on any atom is -0.496 e. The fourth-order valence-electron chi connectivity index (χ4n) is 4.08. The molecule has 0 bridgehead atoms. The average Bonchev–Trinajstić information content (AvgIpc) is 3.27. The first-order chi connectivity index (χ1) is 13.5. The van der Waals surface area contributed by atoms with Gasteiger partial charge >= 0.3 is 0 Å². The van der Waals surface area contributed by atoms with E-state index in [2.05, 4.69) is 10.6 Å². The van der Waals surface area contributed by atoms with Crippen LogP contribution in [0.3, 0.4) is 0 Å². The Kier molecular flexibility index (Phi) is 8.59. The molecule has 2 heterocycles. The molecule has 0 spiro atoms. The van der Waals surface area contributed by atoms with Crippen LogP contribution in [0.1, 0.15) is 41.6 Å². The first kappa shape index (κ1) is 23.3. The van der Waals surface area contributed by atoms with Gasteiger partial charge in [0.1, 0.15) is 11.5 Å². The standard InChI is InChI=1S/C21H31N3O4.ClH/c1-14-18(27-2)10-16(11-19(14)28-3)21(26)24-9-5-6-15(13-24)12-23-20(25)17-7-4-8-22-17;/h10-11,15,17,22H,4-9,12-13H2,1-3H3,(H,23,25);1H. The van der Waals surface area contributed by atoms with Crippen molar-refractivity contribution < 1.29 is 19.1 Å². The fraction of sp³-hybridized carbons (Fsp3) is 0.619. The zero-order valence-electron chi connectivity index (χ0n) is 17.5. The van der Waals surface area contributed by atoms with Crippen LogP contribution in [0.2, 0.25) is 0 Å². The number of nitrogens with one attached hydrogen (secondary N) is 2. The van der Waals surface area contributed by atoms with Crippen LogP contribution in [0.25, 0.3) is 0 Å². The summed E-state index contributed by atoms with van der Waals surface area (Å²) in [5.41, 5.74) is 1.44. The van der Waals surface area contributed by atoms with Crippen molar-refractivity contribution in [2.75, 3.05) is 40.4 Å². The van der Waals surface area contributed by atoms with Crippen molar-refractivity contribution in [1.82, 2.24) is 15.5 Å². The Labute approximate surface area is 178 Å². The second-order valence-electron chi connectivity index (χ2n) is 7.66. The quantitative estimate of drug-likeness (QED) is 0.730. The number of benzene rings is 1. The van der Waals surface area contributed by atoms with Crippen molar-refractivity contribution in [2.45, 2.75) is 38.6 Å².